The number of hydrogen-bond donors (Lipinski definition) is 1. The average molecular weight is 290 g/mol. The van der Waals surface area contributed by atoms with Crippen molar-refractivity contribution in [3.8, 4) is 0 Å². The van der Waals surface area contributed by atoms with Crippen LogP contribution in [0, 0.1) is 5.41 Å². The number of halogens is 1. The molecule has 1 N–H and O–H groups in total. The Morgan fingerprint density at radius 3 is 2.85 bits per heavy atom. The Labute approximate surface area is 122 Å². The Kier molecular flexibility index (Phi) is 2.98. The number of rotatable bonds is 1. The molecule has 104 valence electrons. The van der Waals surface area contributed by atoms with Crippen molar-refractivity contribution in [1.82, 2.24) is 4.98 Å². The largest absolute Gasteiger partial charge is 0.478 e. The first-order valence-electron chi connectivity index (χ1n) is 6.72. The summed E-state index contributed by atoms with van der Waals surface area (Å²) in [4.78, 5) is 16.4. The predicted molar refractivity (Wildman–Crippen MR) is 79.5 cm³/mol. The summed E-state index contributed by atoms with van der Waals surface area (Å²) in [5.74, 6) is -0.895. The second-order valence-corrected chi connectivity index (χ2v) is 6.66. The van der Waals surface area contributed by atoms with Crippen molar-refractivity contribution in [2.45, 2.75) is 33.1 Å². The molecule has 0 bridgehead atoms. The van der Waals surface area contributed by atoms with Gasteiger partial charge in [0.1, 0.15) is 0 Å². The topological polar surface area (TPSA) is 50.2 Å². The second-order valence-electron chi connectivity index (χ2n) is 6.22. The number of carboxylic acids is 1. The fraction of sp³-hybridized carbons (Fsp3) is 0.375. The zero-order valence-corrected chi connectivity index (χ0v) is 12.3. The minimum Gasteiger partial charge on any atom is -0.478 e. The summed E-state index contributed by atoms with van der Waals surface area (Å²) in [6, 6.07) is 5.25. The molecule has 1 aliphatic carbocycles. The maximum Gasteiger partial charge on any atom is 0.336 e. The van der Waals surface area contributed by atoms with Gasteiger partial charge in [-0.1, -0.05) is 25.4 Å². The van der Waals surface area contributed by atoms with Gasteiger partial charge >= 0.3 is 5.97 Å². The number of carboxylic acid groups (broad SMARTS) is 1. The summed E-state index contributed by atoms with van der Waals surface area (Å²) in [5, 5.41) is 10.8. The van der Waals surface area contributed by atoms with Crippen molar-refractivity contribution < 1.29 is 9.90 Å². The number of aromatic nitrogens is 1. The van der Waals surface area contributed by atoms with Crippen LogP contribution in [0.1, 0.15) is 41.9 Å². The quantitative estimate of drug-likeness (QED) is 0.860. The highest BCUT2D eigenvalue weighted by Crippen LogP contribution is 2.38. The smallest absolute Gasteiger partial charge is 0.336 e. The molecule has 0 aliphatic heterocycles. The number of benzene rings is 1. The molecule has 3 rings (SSSR count). The third kappa shape index (κ3) is 2.16. The maximum atomic E-state index is 11.7. The standard InChI is InChI=1S/C16H16ClNO2/c1-16(2)6-5-13-11(8-16)14(15(19)20)10-7-9(17)3-4-12(10)18-13/h3-4,7H,5-6,8H2,1-2H3,(H,19,20). The summed E-state index contributed by atoms with van der Waals surface area (Å²) in [6.45, 7) is 4.34. The van der Waals surface area contributed by atoms with Crippen LogP contribution in [-0.2, 0) is 12.8 Å². The van der Waals surface area contributed by atoms with E-state index in [1.807, 2.05) is 0 Å². The minimum atomic E-state index is -0.895. The van der Waals surface area contributed by atoms with Crippen LogP contribution in [0.2, 0.25) is 5.02 Å². The van der Waals surface area contributed by atoms with E-state index in [-0.39, 0.29) is 5.41 Å². The fourth-order valence-electron chi connectivity index (χ4n) is 2.99. The fourth-order valence-corrected chi connectivity index (χ4v) is 3.16. The zero-order valence-electron chi connectivity index (χ0n) is 11.5. The van der Waals surface area contributed by atoms with Gasteiger partial charge in [-0.05, 0) is 48.4 Å². The van der Waals surface area contributed by atoms with Crippen molar-refractivity contribution in [2.24, 2.45) is 5.41 Å². The summed E-state index contributed by atoms with van der Waals surface area (Å²) in [7, 11) is 0. The van der Waals surface area contributed by atoms with Crippen molar-refractivity contribution in [1.29, 1.82) is 0 Å². The highest BCUT2D eigenvalue weighted by Gasteiger charge is 2.30. The molecule has 0 radical (unpaired) electrons. The first kappa shape index (κ1) is 13.4. The highest BCUT2D eigenvalue weighted by atomic mass is 35.5. The summed E-state index contributed by atoms with van der Waals surface area (Å²) >= 11 is 6.01. The number of nitrogens with zero attached hydrogens (tertiary/aromatic N) is 1. The molecular formula is C16H16ClNO2. The van der Waals surface area contributed by atoms with Crippen LogP contribution in [-0.4, -0.2) is 16.1 Å². The lowest BCUT2D eigenvalue weighted by molar-refractivity contribution is 0.0696. The predicted octanol–water partition coefficient (Wildman–Crippen LogP) is 4.10. The molecule has 1 aromatic heterocycles. The van der Waals surface area contributed by atoms with E-state index in [9.17, 15) is 9.90 Å². The third-order valence-electron chi connectivity index (χ3n) is 4.04. The SMILES string of the molecule is CC1(C)CCc2nc3ccc(Cl)cc3c(C(=O)O)c2C1. The molecule has 3 nitrogen and oxygen atoms in total. The normalized spacial score (nSPS) is 16.9. The van der Waals surface area contributed by atoms with E-state index in [2.05, 4.69) is 18.8 Å². The Balaban J connectivity index is 2.36. The lowest BCUT2D eigenvalue weighted by Crippen LogP contribution is -2.25. The molecule has 2 aromatic rings. The van der Waals surface area contributed by atoms with Gasteiger partial charge in [-0.3, -0.25) is 4.98 Å². The van der Waals surface area contributed by atoms with Gasteiger partial charge in [-0.25, -0.2) is 4.79 Å². The van der Waals surface area contributed by atoms with Crippen molar-refractivity contribution in [3.63, 3.8) is 0 Å². The van der Waals surface area contributed by atoms with Crippen LogP contribution < -0.4 is 0 Å². The van der Waals surface area contributed by atoms with Crippen LogP contribution in [0.5, 0.6) is 0 Å². The molecule has 0 saturated carbocycles. The van der Waals surface area contributed by atoms with Gasteiger partial charge in [-0.15, -0.1) is 0 Å². The molecule has 0 saturated heterocycles. The number of pyridine rings is 1. The lowest BCUT2D eigenvalue weighted by atomic mass is 9.74. The molecule has 1 aromatic carbocycles. The van der Waals surface area contributed by atoms with E-state index in [0.717, 1.165) is 30.5 Å². The van der Waals surface area contributed by atoms with Gasteiger partial charge in [-0.2, -0.15) is 0 Å². The molecular weight excluding hydrogens is 274 g/mol. The molecule has 0 spiro atoms. The Morgan fingerprint density at radius 1 is 1.40 bits per heavy atom. The number of carbonyl (C=O) groups is 1. The highest BCUT2D eigenvalue weighted by molar-refractivity contribution is 6.31. The van der Waals surface area contributed by atoms with Gasteiger partial charge < -0.3 is 5.11 Å². The first-order valence-corrected chi connectivity index (χ1v) is 7.09. The van der Waals surface area contributed by atoms with E-state index in [1.54, 1.807) is 18.2 Å². The average Bonchev–Trinajstić information content (AvgIpc) is 2.35. The van der Waals surface area contributed by atoms with Crippen LogP contribution in [0.15, 0.2) is 18.2 Å². The van der Waals surface area contributed by atoms with Crippen molar-refractivity contribution >= 4 is 28.5 Å². The summed E-state index contributed by atoms with van der Waals surface area (Å²) in [6.07, 6.45) is 2.62. The van der Waals surface area contributed by atoms with E-state index in [0.29, 0.717) is 21.5 Å². The van der Waals surface area contributed by atoms with E-state index in [4.69, 9.17) is 11.6 Å². The number of hydrogen-bond acceptors (Lipinski definition) is 2. The monoisotopic (exact) mass is 289 g/mol. The molecule has 0 fully saturated rings. The molecule has 0 atom stereocenters. The minimum absolute atomic E-state index is 0.116. The summed E-state index contributed by atoms with van der Waals surface area (Å²) in [5.41, 5.74) is 3.01. The van der Waals surface area contributed by atoms with E-state index in [1.165, 1.54) is 0 Å². The third-order valence-corrected chi connectivity index (χ3v) is 4.28. The van der Waals surface area contributed by atoms with Crippen LogP contribution >= 0.6 is 11.6 Å². The maximum absolute atomic E-state index is 11.7. The number of aromatic carboxylic acids is 1. The number of fused-ring (bicyclic) bond motifs is 2. The van der Waals surface area contributed by atoms with E-state index >= 15 is 0 Å². The molecule has 4 heteroatoms. The Hall–Kier alpha value is -1.61. The molecule has 0 unspecified atom stereocenters. The lowest BCUT2D eigenvalue weighted by Gasteiger charge is -2.31. The van der Waals surface area contributed by atoms with E-state index < -0.39 is 5.97 Å². The first-order chi connectivity index (χ1) is 9.37. The van der Waals surface area contributed by atoms with Gasteiger partial charge in [0.15, 0.2) is 0 Å². The molecule has 1 aliphatic rings. The Bertz CT molecular complexity index is 722. The van der Waals surface area contributed by atoms with Gasteiger partial charge in [0, 0.05) is 16.1 Å². The Morgan fingerprint density at radius 2 is 2.15 bits per heavy atom. The second kappa shape index (κ2) is 4.45. The van der Waals surface area contributed by atoms with Crippen LogP contribution in [0.4, 0.5) is 0 Å². The number of aryl methyl sites for hydroxylation is 1. The zero-order chi connectivity index (χ0) is 14.5. The molecule has 0 amide bonds. The van der Waals surface area contributed by atoms with Gasteiger partial charge in [0.25, 0.3) is 0 Å². The summed E-state index contributed by atoms with van der Waals surface area (Å²) < 4.78 is 0. The van der Waals surface area contributed by atoms with Crippen molar-refractivity contribution in [3.05, 3.63) is 40.0 Å². The molecule has 1 heterocycles. The van der Waals surface area contributed by atoms with Gasteiger partial charge in [0.2, 0.25) is 0 Å². The van der Waals surface area contributed by atoms with Gasteiger partial charge in [0.05, 0.1) is 11.1 Å². The van der Waals surface area contributed by atoms with Crippen molar-refractivity contribution in [2.75, 3.05) is 0 Å². The van der Waals surface area contributed by atoms with Crippen LogP contribution in [0.25, 0.3) is 10.9 Å². The molecule has 20 heavy (non-hydrogen) atoms. The van der Waals surface area contributed by atoms with Crippen LogP contribution in [0.3, 0.4) is 0 Å².